The number of morpholine rings is 1. The third-order valence-electron chi connectivity index (χ3n) is 4.37. The molecule has 0 aliphatic carbocycles. The van der Waals surface area contributed by atoms with E-state index in [0.717, 1.165) is 17.7 Å². The van der Waals surface area contributed by atoms with Crippen LogP contribution in [0.15, 0.2) is 21.9 Å². The molecule has 1 fully saturated rings. The van der Waals surface area contributed by atoms with Crippen LogP contribution in [0.4, 0.5) is 0 Å². The summed E-state index contributed by atoms with van der Waals surface area (Å²) in [5.74, 6) is 0.151. The van der Waals surface area contributed by atoms with E-state index in [0.29, 0.717) is 25.7 Å². The second kappa shape index (κ2) is 8.25. The van der Waals surface area contributed by atoms with Crippen LogP contribution in [0.3, 0.4) is 0 Å². The number of amides is 1. The lowest BCUT2D eigenvalue weighted by Gasteiger charge is -2.36. The first-order valence-electron chi connectivity index (χ1n) is 8.25. The van der Waals surface area contributed by atoms with Crippen molar-refractivity contribution in [3.63, 3.8) is 0 Å². The smallest absolute Gasteiger partial charge is 0.331 e. The molecular weight excluding hydrogens is 312 g/mol. The van der Waals surface area contributed by atoms with E-state index in [-0.39, 0.29) is 24.1 Å². The fraction of sp³-hybridized carbons (Fsp3) is 0.688. The highest BCUT2D eigenvalue weighted by molar-refractivity contribution is 5.75. The summed E-state index contributed by atoms with van der Waals surface area (Å²) in [5, 5.41) is 2.90. The third kappa shape index (κ3) is 4.55. The second-order valence-corrected chi connectivity index (χ2v) is 6.39. The van der Waals surface area contributed by atoms with Gasteiger partial charge in [-0.15, -0.1) is 0 Å². The lowest BCUT2D eigenvalue weighted by Crippen LogP contribution is -2.51. The number of ether oxygens (including phenoxy) is 1. The SMILES string of the molecule is CC(C)C(CNC(=O)Cn1ccc(=O)n(C)c1=O)N1CCOCC1. The van der Waals surface area contributed by atoms with E-state index in [1.807, 2.05) is 0 Å². The molecule has 1 unspecified atom stereocenters. The highest BCUT2D eigenvalue weighted by Crippen LogP contribution is 2.12. The first kappa shape index (κ1) is 18.4. The maximum Gasteiger partial charge on any atom is 0.331 e. The first-order chi connectivity index (χ1) is 11.4. The van der Waals surface area contributed by atoms with Crippen LogP contribution in [0.5, 0.6) is 0 Å². The molecule has 134 valence electrons. The predicted octanol–water partition coefficient (Wildman–Crippen LogP) is -0.980. The summed E-state index contributed by atoms with van der Waals surface area (Å²) in [4.78, 5) is 37.8. The Morgan fingerprint density at radius 1 is 1.29 bits per heavy atom. The maximum absolute atomic E-state index is 12.2. The fourth-order valence-corrected chi connectivity index (χ4v) is 2.86. The van der Waals surface area contributed by atoms with Gasteiger partial charge in [-0.25, -0.2) is 4.79 Å². The minimum absolute atomic E-state index is 0.0963. The van der Waals surface area contributed by atoms with Gasteiger partial charge < -0.3 is 10.1 Å². The van der Waals surface area contributed by atoms with Crippen LogP contribution in [-0.4, -0.2) is 58.8 Å². The molecule has 0 radical (unpaired) electrons. The minimum Gasteiger partial charge on any atom is -0.379 e. The molecule has 1 aromatic heterocycles. The molecule has 0 saturated carbocycles. The van der Waals surface area contributed by atoms with Gasteiger partial charge >= 0.3 is 5.69 Å². The Balaban J connectivity index is 1.95. The molecule has 1 aliphatic heterocycles. The van der Waals surface area contributed by atoms with Crippen molar-refractivity contribution in [2.75, 3.05) is 32.8 Å². The summed E-state index contributed by atoms with van der Waals surface area (Å²) in [7, 11) is 1.40. The standard InChI is InChI=1S/C16H26N4O4/c1-12(2)13(19-6-8-24-9-7-19)10-17-14(21)11-20-5-4-15(22)18(3)16(20)23/h4-5,12-13H,6-11H2,1-3H3,(H,17,21). The zero-order valence-electron chi connectivity index (χ0n) is 14.5. The summed E-state index contributed by atoms with van der Waals surface area (Å²) in [5.41, 5.74) is -0.880. The second-order valence-electron chi connectivity index (χ2n) is 6.39. The van der Waals surface area contributed by atoms with Crippen LogP contribution in [0.2, 0.25) is 0 Å². The third-order valence-corrected chi connectivity index (χ3v) is 4.37. The molecule has 24 heavy (non-hydrogen) atoms. The minimum atomic E-state index is -0.494. The highest BCUT2D eigenvalue weighted by atomic mass is 16.5. The monoisotopic (exact) mass is 338 g/mol. The van der Waals surface area contributed by atoms with E-state index in [1.165, 1.54) is 23.9 Å². The van der Waals surface area contributed by atoms with Crippen molar-refractivity contribution >= 4 is 5.91 Å². The fourth-order valence-electron chi connectivity index (χ4n) is 2.86. The van der Waals surface area contributed by atoms with Gasteiger partial charge in [0.2, 0.25) is 5.91 Å². The van der Waals surface area contributed by atoms with Crippen LogP contribution < -0.4 is 16.6 Å². The molecule has 0 bridgehead atoms. The number of aromatic nitrogens is 2. The van der Waals surface area contributed by atoms with Gasteiger partial charge in [0.1, 0.15) is 6.54 Å². The molecule has 1 aliphatic rings. The van der Waals surface area contributed by atoms with Crippen molar-refractivity contribution in [1.82, 2.24) is 19.4 Å². The van der Waals surface area contributed by atoms with E-state index in [9.17, 15) is 14.4 Å². The number of carbonyl (C=O) groups is 1. The zero-order chi connectivity index (χ0) is 17.7. The lowest BCUT2D eigenvalue weighted by molar-refractivity contribution is -0.122. The van der Waals surface area contributed by atoms with E-state index in [4.69, 9.17) is 4.74 Å². The van der Waals surface area contributed by atoms with Gasteiger partial charge in [-0.1, -0.05) is 13.8 Å². The van der Waals surface area contributed by atoms with E-state index >= 15 is 0 Å². The average Bonchev–Trinajstić information content (AvgIpc) is 2.56. The van der Waals surface area contributed by atoms with Crippen molar-refractivity contribution < 1.29 is 9.53 Å². The van der Waals surface area contributed by atoms with E-state index < -0.39 is 5.69 Å². The molecular formula is C16H26N4O4. The summed E-state index contributed by atoms with van der Waals surface area (Å²) >= 11 is 0. The molecule has 2 rings (SSSR count). The number of nitrogens with zero attached hydrogens (tertiary/aromatic N) is 3. The molecule has 1 N–H and O–H groups in total. The molecule has 1 saturated heterocycles. The molecule has 1 atom stereocenters. The predicted molar refractivity (Wildman–Crippen MR) is 90.0 cm³/mol. The number of nitrogens with one attached hydrogen (secondary N) is 1. The Labute approximate surface area is 141 Å². The summed E-state index contributed by atoms with van der Waals surface area (Å²) in [6.45, 7) is 7.83. The van der Waals surface area contributed by atoms with Gasteiger partial charge in [0, 0.05) is 45.0 Å². The summed E-state index contributed by atoms with van der Waals surface area (Å²) < 4.78 is 7.59. The Morgan fingerprint density at radius 2 is 1.96 bits per heavy atom. The number of carbonyl (C=O) groups excluding carboxylic acids is 1. The van der Waals surface area contributed by atoms with Crippen molar-refractivity contribution in [3.05, 3.63) is 33.1 Å². The Hall–Kier alpha value is -1.93. The number of hydrogen-bond donors (Lipinski definition) is 1. The van der Waals surface area contributed by atoms with Crippen LogP contribution >= 0.6 is 0 Å². The van der Waals surface area contributed by atoms with Crippen molar-refractivity contribution in [3.8, 4) is 0 Å². The summed E-state index contributed by atoms with van der Waals surface area (Å²) in [6, 6.07) is 1.51. The largest absolute Gasteiger partial charge is 0.379 e. The van der Waals surface area contributed by atoms with Crippen molar-refractivity contribution in [1.29, 1.82) is 0 Å². The van der Waals surface area contributed by atoms with Gasteiger partial charge in [0.05, 0.1) is 13.2 Å². The van der Waals surface area contributed by atoms with Crippen LogP contribution in [0.1, 0.15) is 13.8 Å². The highest BCUT2D eigenvalue weighted by Gasteiger charge is 2.24. The Bertz CT molecular complexity index is 673. The van der Waals surface area contributed by atoms with Gasteiger partial charge in [0.25, 0.3) is 5.56 Å². The van der Waals surface area contributed by atoms with Crippen LogP contribution in [0.25, 0.3) is 0 Å². The zero-order valence-corrected chi connectivity index (χ0v) is 14.5. The number of hydrogen-bond acceptors (Lipinski definition) is 5. The molecule has 1 amide bonds. The van der Waals surface area contributed by atoms with E-state index in [1.54, 1.807) is 0 Å². The average molecular weight is 338 g/mol. The maximum atomic E-state index is 12.2. The molecule has 8 heteroatoms. The van der Waals surface area contributed by atoms with Crippen molar-refractivity contribution in [2.45, 2.75) is 26.4 Å². The normalized spacial score (nSPS) is 17.0. The number of rotatable bonds is 6. The van der Waals surface area contributed by atoms with Crippen LogP contribution in [-0.2, 0) is 23.1 Å². The molecule has 1 aromatic rings. The van der Waals surface area contributed by atoms with E-state index in [2.05, 4.69) is 24.1 Å². The van der Waals surface area contributed by atoms with Crippen molar-refractivity contribution in [2.24, 2.45) is 13.0 Å². The topological polar surface area (TPSA) is 85.6 Å². The van der Waals surface area contributed by atoms with Crippen LogP contribution in [0, 0.1) is 5.92 Å². The molecule has 0 spiro atoms. The Morgan fingerprint density at radius 3 is 2.58 bits per heavy atom. The van der Waals surface area contributed by atoms with Gasteiger partial charge in [-0.05, 0) is 5.92 Å². The molecule has 0 aromatic carbocycles. The quantitative estimate of drug-likeness (QED) is 0.721. The summed E-state index contributed by atoms with van der Waals surface area (Å²) in [6.07, 6.45) is 1.35. The first-order valence-corrected chi connectivity index (χ1v) is 8.25. The van der Waals surface area contributed by atoms with Gasteiger partial charge in [-0.3, -0.25) is 23.6 Å². The van der Waals surface area contributed by atoms with Gasteiger partial charge in [0.15, 0.2) is 0 Å². The Kier molecular flexibility index (Phi) is 6.33. The van der Waals surface area contributed by atoms with Gasteiger partial charge in [-0.2, -0.15) is 0 Å². The molecule has 8 nitrogen and oxygen atoms in total. The molecule has 2 heterocycles. The lowest BCUT2D eigenvalue weighted by atomic mass is 10.0.